The molecule has 0 radical (unpaired) electrons. The average molecular weight is 253 g/mol. The van der Waals surface area contributed by atoms with Crippen molar-refractivity contribution in [2.45, 2.75) is 70.3 Å². The lowest BCUT2D eigenvalue weighted by atomic mass is 9.89. The van der Waals surface area contributed by atoms with Crippen LogP contribution in [0.15, 0.2) is 0 Å². The number of nitrogens with zero attached hydrogens (tertiary/aromatic N) is 1. The Kier molecular flexibility index (Phi) is 5.97. The molecule has 0 aromatic carbocycles. The van der Waals surface area contributed by atoms with E-state index in [0.717, 1.165) is 24.8 Å². The third-order valence-electron chi connectivity index (χ3n) is 4.90. The van der Waals surface area contributed by atoms with Crippen molar-refractivity contribution < 1.29 is 5.11 Å². The number of hydrogen-bond acceptors (Lipinski definition) is 2. The predicted molar refractivity (Wildman–Crippen MR) is 76.7 cm³/mol. The second-order valence-corrected chi connectivity index (χ2v) is 6.77. The van der Waals surface area contributed by atoms with Gasteiger partial charge in [-0.25, -0.2) is 0 Å². The van der Waals surface area contributed by atoms with E-state index in [1.54, 1.807) is 0 Å². The largest absolute Gasteiger partial charge is 0.392 e. The maximum atomic E-state index is 10.2. The fourth-order valence-electron chi connectivity index (χ4n) is 3.95. The summed E-state index contributed by atoms with van der Waals surface area (Å²) in [5, 5.41) is 10.2. The molecule has 18 heavy (non-hydrogen) atoms. The van der Waals surface area contributed by atoms with Gasteiger partial charge in [-0.15, -0.1) is 0 Å². The highest BCUT2D eigenvalue weighted by atomic mass is 16.3. The van der Waals surface area contributed by atoms with E-state index in [1.807, 2.05) is 0 Å². The molecule has 0 spiro atoms. The van der Waals surface area contributed by atoms with Crippen LogP contribution in [0.3, 0.4) is 0 Å². The Labute approximate surface area is 113 Å². The summed E-state index contributed by atoms with van der Waals surface area (Å²) in [6.45, 7) is 2.08. The zero-order valence-corrected chi connectivity index (χ0v) is 12.1. The lowest BCUT2D eigenvalue weighted by molar-refractivity contribution is 0.0920. The molecule has 1 N–H and O–H groups in total. The minimum atomic E-state index is -0.0957. The molecule has 0 heterocycles. The van der Waals surface area contributed by atoms with E-state index < -0.39 is 0 Å². The molecule has 0 aromatic heterocycles. The smallest absolute Gasteiger partial charge is 0.0669 e. The van der Waals surface area contributed by atoms with E-state index in [0.29, 0.717) is 0 Å². The second-order valence-electron chi connectivity index (χ2n) is 6.77. The molecule has 0 amide bonds. The fraction of sp³-hybridized carbons (Fsp3) is 1.00. The van der Waals surface area contributed by atoms with E-state index in [-0.39, 0.29) is 6.10 Å². The summed E-state index contributed by atoms with van der Waals surface area (Å²) >= 11 is 0. The number of aliphatic hydroxyl groups is 1. The lowest BCUT2D eigenvalue weighted by Gasteiger charge is -2.28. The van der Waals surface area contributed by atoms with Crippen LogP contribution in [0.2, 0.25) is 0 Å². The van der Waals surface area contributed by atoms with Crippen LogP contribution in [0, 0.1) is 11.8 Å². The second kappa shape index (κ2) is 7.49. The Morgan fingerprint density at radius 2 is 1.50 bits per heavy atom. The van der Waals surface area contributed by atoms with Crippen LogP contribution in [0.25, 0.3) is 0 Å². The first-order valence-electron chi connectivity index (χ1n) is 8.10. The fourth-order valence-corrected chi connectivity index (χ4v) is 3.95. The summed E-state index contributed by atoms with van der Waals surface area (Å²) in [5.41, 5.74) is 0. The van der Waals surface area contributed by atoms with Crippen LogP contribution in [-0.2, 0) is 0 Å². The molecular weight excluding hydrogens is 222 g/mol. The van der Waals surface area contributed by atoms with Gasteiger partial charge in [0.1, 0.15) is 0 Å². The van der Waals surface area contributed by atoms with E-state index in [1.165, 1.54) is 64.3 Å². The number of rotatable bonds is 6. The Hall–Kier alpha value is -0.0800. The van der Waals surface area contributed by atoms with Crippen molar-refractivity contribution in [3.8, 4) is 0 Å². The molecule has 0 saturated heterocycles. The Morgan fingerprint density at radius 1 is 0.944 bits per heavy atom. The zero-order chi connectivity index (χ0) is 12.8. The first-order valence-corrected chi connectivity index (χ1v) is 8.10. The van der Waals surface area contributed by atoms with Gasteiger partial charge in [0.15, 0.2) is 0 Å². The van der Waals surface area contributed by atoms with Crippen LogP contribution in [0.1, 0.15) is 64.2 Å². The van der Waals surface area contributed by atoms with Gasteiger partial charge in [-0.2, -0.15) is 0 Å². The number of aliphatic hydroxyl groups excluding tert-OH is 1. The molecule has 2 fully saturated rings. The summed E-state index contributed by atoms with van der Waals surface area (Å²) in [4.78, 5) is 2.37. The first kappa shape index (κ1) is 14.3. The summed E-state index contributed by atoms with van der Waals surface area (Å²) in [7, 11) is 2.19. The molecule has 2 saturated carbocycles. The van der Waals surface area contributed by atoms with E-state index >= 15 is 0 Å². The van der Waals surface area contributed by atoms with Crippen molar-refractivity contribution in [2.24, 2.45) is 11.8 Å². The van der Waals surface area contributed by atoms with Gasteiger partial charge in [0.2, 0.25) is 0 Å². The van der Waals surface area contributed by atoms with Crippen molar-refractivity contribution in [1.29, 1.82) is 0 Å². The Balaban J connectivity index is 1.61. The summed E-state index contributed by atoms with van der Waals surface area (Å²) in [6.07, 6.45) is 13.5. The van der Waals surface area contributed by atoms with Crippen molar-refractivity contribution in [1.82, 2.24) is 4.90 Å². The Morgan fingerprint density at radius 3 is 2.17 bits per heavy atom. The molecule has 106 valence electrons. The van der Waals surface area contributed by atoms with Gasteiger partial charge in [0.25, 0.3) is 0 Å². The molecule has 2 aliphatic rings. The Bertz CT molecular complexity index is 219. The molecule has 0 aliphatic heterocycles. The summed E-state index contributed by atoms with van der Waals surface area (Å²) in [5.74, 6) is 1.70. The molecule has 2 rings (SSSR count). The predicted octanol–water partition coefficient (Wildman–Crippen LogP) is 3.44. The first-order chi connectivity index (χ1) is 8.74. The monoisotopic (exact) mass is 253 g/mol. The standard InChI is InChI=1S/C16H31NO/c1-17(12-15-9-3-2-4-10-15)13-16(18)11-14-7-5-6-8-14/h14-16,18H,2-13H2,1H3. The molecule has 0 aromatic rings. The third kappa shape index (κ3) is 4.89. The highest BCUT2D eigenvalue weighted by molar-refractivity contribution is 4.74. The molecule has 1 atom stereocenters. The van der Waals surface area contributed by atoms with E-state index in [2.05, 4.69) is 11.9 Å². The molecule has 2 aliphatic carbocycles. The number of likely N-dealkylation sites (N-methyl/N-ethyl adjacent to an activating group) is 1. The summed E-state index contributed by atoms with van der Waals surface area (Å²) < 4.78 is 0. The topological polar surface area (TPSA) is 23.5 Å². The van der Waals surface area contributed by atoms with Crippen molar-refractivity contribution >= 4 is 0 Å². The SMILES string of the molecule is CN(CC(O)CC1CCCC1)CC1CCCCC1. The van der Waals surface area contributed by atoms with Crippen molar-refractivity contribution in [2.75, 3.05) is 20.1 Å². The molecule has 2 heteroatoms. The van der Waals surface area contributed by atoms with Crippen LogP contribution < -0.4 is 0 Å². The van der Waals surface area contributed by atoms with Gasteiger partial charge in [0.05, 0.1) is 6.10 Å². The van der Waals surface area contributed by atoms with Crippen LogP contribution >= 0.6 is 0 Å². The minimum Gasteiger partial charge on any atom is -0.392 e. The summed E-state index contributed by atoms with van der Waals surface area (Å²) in [6, 6.07) is 0. The quantitative estimate of drug-likeness (QED) is 0.784. The van der Waals surface area contributed by atoms with Crippen LogP contribution in [-0.4, -0.2) is 36.2 Å². The van der Waals surface area contributed by atoms with Crippen molar-refractivity contribution in [3.05, 3.63) is 0 Å². The van der Waals surface area contributed by atoms with Gasteiger partial charge in [-0.3, -0.25) is 0 Å². The third-order valence-corrected chi connectivity index (χ3v) is 4.90. The number of hydrogen-bond donors (Lipinski definition) is 1. The van der Waals surface area contributed by atoms with E-state index in [9.17, 15) is 5.11 Å². The minimum absolute atomic E-state index is 0.0957. The zero-order valence-electron chi connectivity index (χ0n) is 12.1. The molecule has 0 bridgehead atoms. The van der Waals surface area contributed by atoms with Gasteiger partial charge in [-0.05, 0) is 38.1 Å². The van der Waals surface area contributed by atoms with Gasteiger partial charge in [-0.1, -0.05) is 44.9 Å². The van der Waals surface area contributed by atoms with Gasteiger partial charge < -0.3 is 10.0 Å². The van der Waals surface area contributed by atoms with E-state index in [4.69, 9.17) is 0 Å². The molecular formula is C16H31NO. The van der Waals surface area contributed by atoms with Crippen molar-refractivity contribution in [3.63, 3.8) is 0 Å². The lowest BCUT2D eigenvalue weighted by Crippen LogP contribution is -2.34. The molecule has 2 nitrogen and oxygen atoms in total. The normalized spacial score (nSPS) is 24.8. The van der Waals surface area contributed by atoms with Crippen LogP contribution in [0.5, 0.6) is 0 Å². The van der Waals surface area contributed by atoms with Gasteiger partial charge >= 0.3 is 0 Å². The van der Waals surface area contributed by atoms with Gasteiger partial charge in [0, 0.05) is 13.1 Å². The highest BCUT2D eigenvalue weighted by Gasteiger charge is 2.21. The highest BCUT2D eigenvalue weighted by Crippen LogP contribution is 2.29. The maximum absolute atomic E-state index is 10.2. The molecule has 1 unspecified atom stereocenters. The van der Waals surface area contributed by atoms with Crippen LogP contribution in [0.4, 0.5) is 0 Å². The maximum Gasteiger partial charge on any atom is 0.0669 e. The average Bonchev–Trinajstić information content (AvgIpc) is 2.82.